The van der Waals surface area contributed by atoms with Gasteiger partial charge in [0.25, 0.3) is 0 Å². The first-order valence-electron chi connectivity index (χ1n) is 7.80. The number of hydrogen-bond acceptors (Lipinski definition) is 5. The predicted molar refractivity (Wildman–Crippen MR) is 91.4 cm³/mol. The topological polar surface area (TPSA) is 66.1 Å². The van der Waals surface area contributed by atoms with Crippen molar-refractivity contribution in [3.05, 3.63) is 42.2 Å². The van der Waals surface area contributed by atoms with Crippen LogP contribution in [-0.2, 0) is 4.74 Å². The van der Waals surface area contributed by atoms with Gasteiger partial charge in [-0.2, -0.15) is 4.98 Å². The van der Waals surface area contributed by atoms with Crippen molar-refractivity contribution in [2.45, 2.75) is 6.92 Å². The van der Waals surface area contributed by atoms with Crippen LogP contribution in [0.3, 0.4) is 0 Å². The highest BCUT2D eigenvalue weighted by atomic mass is 16.5. The summed E-state index contributed by atoms with van der Waals surface area (Å²) in [5.41, 5.74) is 4.26. The Labute approximate surface area is 134 Å². The molecule has 2 N–H and O–H groups in total. The second-order valence-corrected chi connectivity index (χ2v) is 5.70. The maximum Gasteiger partial charge on any atom is 0.229 e. The van der Waals surface area contributed by atoms with Crippen LogP contribution in [0.1, 0.15) is 5.56 Å². The zero-order valence-corrected chi connectivity index (χ0v) is 13.0. The van der Waals surface area contributed by atoms with Gasteiger partial charge in [0.15, 0.2) is 0 Å². The van der Waals surface area contributed by atoms with Gasteiger partial charge in [-0.1, -0.05) is 0 Å². The van der Waals surface area contributed by atoms with Crippen LogP contribution in [0.15, 0.2) is 36.7 Å². The molecule has 6 nitrogen and oxygen atoms in total. The molecule has 118 valence electrons. The first-order valence-corrected chi connectivity index (χ1v) is 7.80. The number of nitrogens with zero attached hydrogens (tertiary/aromatic N) is 3. The van der Waals surface area contributed by atoms with Crippen molar-refractivity contribution in [3.8, 4) is 0 Å². The van der Waals surface area contributed by atoms with Crippen molar-refractivity contribution in [3.63, 3.8) is 0 Å². The number of anilines is 3. The third kappa shape index (κ3) is 2.85. The smallest absolute Gasteiger partial charge is 0.229 e. The van der Waals surface area contributed by atoms with Crippen LogP contribution in [0.4, 0.5) is 17.3 Å². The number of aryl methyl sites for hydroxylation is 1. The minimum absolute atomic E-state index is 0.599. The van der Waals surface area contributed by atoms with E-state index in [0.717, 1.165) is 43.0 Å². The van der Waals surface area contributed by atoms with Gasteiger partial charge in [0, 0.05) is 42.2 Å². The number of morpholine rings is 1. The summed E-state index contributed by atoms with van der Waals surface area (Å²) in [6.45, 7) is 5.57. The molecule has 1 aliphatic rings. The fraction of sp³-hybridized carbons (Fsp3) is 0.294. The van der Waals surface area contributed by atoms with E-state index in [9.17, 15) is 0 Å². The maximum absolute atomic E-state index is 5.41. The van der Waals surface area contributed by atoms with Crippen LogP contribution >= 0.6 is 0 Å². The predicted octanol–water partition coefficient (Wildman–Crippen LogP) is 2.85. The molecule has 1 aliphatic heterocycles. The molecule has 0 unspecified atom stereocenters. The van der Waals surface area contributed by atoms with E-state index in [4.69, 9.17) is 4.74 Å². The second-order valence-electron chi connectivity index (χ2n) is 5.70. The number of fused-ring (bicyclic) bond motifs is 1. The molecule has 1 fully saturated rings. The van der Waals surface area contributed by atoms with Crippen molar-refractivity contribution >= 4 is 28.4 Å². The van der Waals surface area contributed by atoms with Crippen LogP contribution in [0.25, 0.3) is 11.0 Å². The summed E-state index contributed by atoms with van der Waals surface area (Å²) >= 11 is 0. The average Bonchev–Trinajstić information content (AvgIpc) is 3.05. The van der Waals surface area contributed by atoms with Crippen LogP contribution in [-0.4, -0.2) is 41.3 Å². The fourth-order valence-corrected chi connectivity index (χ4v) is 2.83. The van der Waals surface area contributed by atoms with E-state index in [1.54, 1.807) is 0 Å². The quantitative estimate of drug-likeness (QED) is 0.779. The van der Waals surface area contributed by atoms with Gasteiger partial charge in [-0.15, -0.1) is 0 Å². The molecule has 0 aliphatic carbocycles. The Hall–Kier alpha value is -2.60. The summed E-state index contributed by atoms with van der Waals surface area (Å²) in [6, 6.07) is 8.37. The van der Waals surface area contributed by atoms with Gasteiger partial charge in [0.1, 0.15) is 5.65 Å². The number of aromatic amines is 1. The molecule has 2 aromatic heterocycles. The average molecular weight is 309 g/mol. The van der Waals surface area contributed by atoms with Crippen LogP contribution in [0.5, 0.6) is 0 Å². The zero-order chi connectivity index (χ0) is 15.6. The highest BCUT2D eigenvalue weighted by molar-refractivity contribution is 5.76. The van der Waals surface area contributed by atoms with Crippen molar-refractivity contribution in [1.29, 1.82) is 0 Å². The monoisotopic (exact) mass is 309 g/mol. The Morgan fingerprint density at radius 1 is 1.22 bits per heavy atom. The number of nitrogens with one attached hydrogen (secondary N) is 2. The van der Waals surface area contributed by atoms with Crippen molar-refractivity contribution in [1.82, 2.24) is 15.0 Å². The van der Waals surface area contributed by atoms with E-state index in [-0.39, 0.29) is 0 Å². The van der Waals surface area contributed by atoms with Crippen LogP contribution in [0.2, 0.25) is 0 Å². The summed E-state index contributed by atoms with van der Waals surface area (Å²) in [7, 11) is 0. The van der Waals surface area contributed by atoms with E-state index in [2.05, 4.69) is 50.3 Å². The summed E-state index contributed by atoms with van der Waals surface area (Å²) < 4.78 is 5.41. The Balaban J connectivity index is 1.56. The van der Waals surface area contributed by atoms with Gasteiger partial charge in [-0.25, -0.2) is 4.98 Å². The van der Waals surface area contributed by atoms with Crippen LogP contribution in [0, 0.1) is 6.92 Å². The molecule has 0 spiro atoms. The van der Waals surface area contributed by atoms with Gasteiger partial charge in [-0.05, 0) is 36.8 Å². The van der Waals surface area contributed by atoms with Gasteiger partial charge in [0.05, 0.1) is 13.2 Å². The number of H-pyrrole nitrogens is 1. The summed E-state index contributed by atoms with van der Waals surface area (Å²) in [4.78, 5) is 14.3. The molecular formula is C17H19N5O. The number of benzene rings is 1. The van der Waals surface area contributed by atoms with E-state index in [0.29, 0.717) is 5.95 Å². The first kappa shape index (κ1) is 14.0. The Morgan fingerprint density at radius 2 is 2.09 bits per heavy atom. The maximum atomic E-state index is 5.41. The van der Waals surface area contributed by atoms with E-state index < -0.39 is 0 Å². The molecule has 0 saturated carbocycles. The number of ether oxygens (including phenoxy) is 1. The van der Waals surface area contributed by atoms with Crippen molar-refractivity contribution in [2.75, 3.05) is 36.5 Å². The van der Waals surface area contributed by atoms with Crippen molar-refractivity contribution in [2.24, 2.45) is 0 Å². The number of hydrogen-bond donors (Lipinski definition) is 2. The molecule has 4 rings (SSSR count). The molecule has 0 amide bonds. The molecule has 1 aromatic carbocycles. The standard InChI is InChI=1S/C17H19N5O/c1-12-10-14(22-6-8-23-9-7-22)2-3-15(12)20-17-19-11-13-4-5-18-16(13)21-17/h2-5,10-11H,6-9H2,1H3,(H2,18,19,20,21). The molecule has 3 heterocycles. The van der Waals surface area contributed by atoms with E-state index in [1.807, 2.05) is 18.5 Å². The van der Waals surface area contributed by atoms with E-state index >= 15 is 0 Å². The second kappa shape index (κ2) is 5.89. The third-order valence-electron chi connectivity index (χ3n) is 4.13. The first-order chi connectivity index (χ1) is 11.3. The lowest BCUT2D eigenvalue weighted by atomic mass is 10.1. The third-order valence-corrected chi connectivity index (χ3v) is 4.13. The van der Waals surface area contributed by atoms with Gasteiger partial charge >= 0.3 is 0 Å². The molecule has 6 heteroatoms. The molecule has 0 atom stereocenters. The highest BCUT2D eigenvalue weighted by Gasteiger charge is 2.12. The molecule has 0 radical (unpaired) electrons. The highest BCUT2D eigenvalue weighted by Crippen LogP contribution is 2.25. The molecule has 23 heavy (non-hydrogen) atoms. The summed E-state index contributed by atoms with van der Waals surface area (Å²) in [6.07, 6.45) is 3.68. The van der Waals surface area contributed by atoms with Gasteiger partial charge < -0.3 is 19.9 Å². The molecule has 3 aromatic rings. The summed E-state index contributed by atoms with van der Waals surface area (Å²) in [5, 5.41) is 4.31. The lowest BCUT2D eigenvalue weighted by molar-refractivity contribution is 0.122. The fourth-order valence-electron chi connectivity index (χ4n) is 2.83. The van der Waals surface area contributed by atoms with Crippen LogP contribution < -0.4 is 10.2 Å². The van der Waals surface area contributed by atoms with Gasteiger partial charge in [-0.3, -0.25) is 0 Å². The molecular weight excluding hydrogens is 290 g/mol. The van der Waals surface area contributed by atoms with E-state index in [1.165, 1.54) is 11.3 Å². The SMILES string of the molecule is Cc1cc(N2CCOCC2)ccc1Nc1ncc2cc[nH]c2n1. The van der Waals surface area contributed by atoms with Crippen molar-refractivity contribution < 1.29 is 4.74 Å². The minimum Gasteiger partial charge on any atom is -0.378 e. The van der Waals surface area contributed by atoms with Gasteiger partial charge in [0.2, 0.25) is 5.95 Å². The lowest BCUT2D eigenvalue weighted by Crippen LogP contribution is -2.36. The lowest BCUT2D eigenvalue weighted by Gasteiger charge is -2.29. The Morgan fingerprint density at radius 3 is 2.91 bits per heavy atom. The summed E-state index contributed by atoms with van der Waals surface area (Å²) in [5.74, 6) is 0.599. The largest absolute Gasteiger partial charge is 0.378 e. The molecule has 0 bridgehead atoms. The Kier molecular flexibility index (Phi) is 3.59. The Bertz CT molecular complexity index is 823. The number of rotatable bonds is 3. The zero-order valence-electron chi connectivity index (χ0n) is 13.0. The number of aromatic nitrogens is 3. The molecule has 1 saturated heterocycles. The normalized spacial score (nSPS) is 15.1. The minimum atomic E-state index is 0.599.